The Morgan fingerprint density at radius 1 is 1.16 bits per heavy atom. The van der Waals surface area contributed by atoms with Crippen molar-refractivity contribution in [1.29, 1.82) is 0 Å². The molecule has 1 aliphatic rings. The maximum Gasteiger partial charge on any atom is 0.261 e. The summed E-state index contributed by atoms with van der Waals surface area (Å²) in [6.45, 7) is 2.49. The van der Waals surface area contributed by atoms with E-state index in [0.29, 0.717) is 30.3 Å². The van der Waals surface area contributed by atoms with Gasteiger partial charge in [-0.3, -0.25) is 19.1 Å². The average Bonchev–Trinajstić information content (AvgIpc) is 2.65. The van der Waals surface area contributed by atoms with Crippen LogP contribution in [0.3, 0.4) is 0 Å². The van der Waals surface area contributed by atoms with Crippen LogP contribution in [0.5, 0.6) is 0 Å². The van der Waals surface area contributed by atoms with Gasteiger partial charge in [0, 0.05) is 12.7 Å². The van der Waals surface area contributed by atoms with E-state index in [9.17, 15) is 14.2 Å². The fourth-order valence-electron chi connectivity index (χ4n) is 2.06. The zero-order valence-corrected chi connectivity index (χ0v) is 11.7. The molecule has 0 aromatic heterocycles. The highest BCUT2D eigenvalue weighted by molar-refractivity contribution is 7.39. The second-order valence-electron chi connectivity index (χ2n) is 4.22. The second-order valence-corrected chi connectivity index (χ2v) is 5.75. The van der Waals surface area contributed by atoms with Crippen molar-refractivity contribution in [1.82, 2.24) is 4.90 Å². The van der Waals surface area contributed by atoms with Crippen molar-refractivity contribution in [2.24, 2.45) is 0 Å². The zero-order valence-electron chi connectivity index (χ0n) is 10.7. The number of fused-ring (bicyclic) bond motifs is 1. The molecule has 19 heavy (non-hydrogen) atoms. The molecule has 0 N–H and O–H groups in total. The molecule has 0 bridgehead atoms. The van der Waals surface area contributed by atoms with E-state index in [1.54, 1.807) is 31.2 Å². The van der Waals surface area contributed by atoms with E-state index in [1.807, 2.05) is 0 Å². The fourth-order valence-corrected chi connectivity index (χ4v) is 2.97. The van der Waals surface area contributed by atoms with E-state index in [2.05, 4.69) is 0 Å². The van der Waals surface area contributed by atoms with Gasteiger partial charge in [0.2, 0.25) is 0 Å². The first-order valence-corrected chi connectivity index (χ1v) is 7.78. The van der Waals surface area contributed by atoms with Crippen LogP contribution in [0, 0.1) is 0 Å². The Labute approximate surface area is 112 Å². The first kappa shape index (κ1) is 14.0. The zero-order chi connectivity index (χ0) is 13.8. The molecular formula is C13H16NO4P. The molecule has 0 fully saturated rings. The standard InChI is InChI=1S/C13H16NO4P/c1-2-18-19(17)9-5-8-14-12(15)10-6-3-4-7-11(10)13(14)16/h3-4,6-7,19H,2,5,8-9H2,1H3. The Balaban J connectivity index is 1.95. The average molecular weight is 281 g/mol. The number of carbonyl (C=O) groups excluding carboxylic acids is 2. The molecule has 0 spiro atoms. The van der Waals surface area contributed by atoms with Crippen LogP contribution in [-0.2, 0) is 9.09 Å². The van der Waals surface area contributed by atoms with Gasteiger partial charge in [0.15, 0.2) is 8.03 Å². The lowest BCUT2D eigenvalue weighted by Gasteiger charge is -2.13. The van der Waals surface area contributed by atoms with Crippen molar-refractivity contribution in [3.8, 4) is 0 Å². The molecule has 6 heteroatoms. The maximum absolute atomic E-state index is 12.0. The first-order chi connectivity index (χ1) is 9.15. The molecule has 0 saturated carbocycles. The number of hydrogen-bond donors (Lipinski definition) is 0. The van der Waals surface area contributed by atoms with E-state index in [-0.39, 0.29) is 18.4 Å². The van der Waals surface area contributed by atoms with E-state index in [4.69, 9.17) is 4.52 Å². The Kier molecular flexibility index (Phi) is 4.51. The molecule has 1 atom stereocenters. The predicted molar refractivity (Wildman–Crippen MR) is 71.9 cm³/mol. The molecule has 2 rings (SSSR count). The van der Waals surface area contributed by atoms with E-state index in [0.717, 1.165) is 0 Å². The quantitative estimate of drug-likeness (QED) is 0.592. The molecule has 1 heterocycles. The highest BCUT2D eigenvalue weighted by Crippen LogP contribution is 2.25. The molecule has 102 valence electrons. The molecule has 1 unspecified atom stereocenters. The van der Waals surface area contributed by atoms with E-state index >= 15 is 0 Å². The Bertz CT molecular complexity index is 494. The van der Waals surface area contributed by atoms with Gasteiger partial charge < -0.3 is 4.52 Å². The molecule has 0 aliphatic carbocycles. The lowest BCUT2D eigenvalue weighted by molar-refractivity contribution is 0.0654. The summed E-state index contributed by atoms with van der Waals surface area (Å²) < 4.78 is 16.4. The topological polar surface area (TPSA) is 63.7 Å². The van der Waals surface area contributed by atoms with Gasteiger partial charge in [-0.25, -0.2) is 0 Å². The number of imide groups is 1. The number of hydrogen-bond acceptors (Lipinski definition) is 4. The predicted octanol–water partition coefficient (Wildman–Crippen LogP) is 2.18. The van der Waals surface area contributed by atoms with Crippen molar-refractivity contribution in [3.05, 3.63) is 35.4 Å². The number of carbonyl (C=O) groups is 2. The highest BCUT2D eigenvalue weighted by Gasteiger charge is 2.34. The summed E-state index contributed by atoms with van der Waals surface area (Å²) in [5.41, 5.74) is 0.898. The summed E-state index contributed by atoms with van der Waals surface area (Å²) in [6.07, 6.45) is 0.898. The summed E-state index contributed by atoms with van der Waals surface area (Å²) in [6, 6.07) is 6.78. The highest BCUT2D eigenvalue weighted by atomic mass is 31.1. The number of nitrogens with zero attached hydrogens (tertiary/aromatic N) is 1. The summed E-state index contributed by atoms with van der Waals surface area (Å²) in [7, 11) is -2.03. The number of amides is 2. The van der Waals surface area contributed by atoms with Gasteiger partial charge in [-0.15, -0.1) is 0 Å². The third-order valence-electron chi connectivity index (χ3n) is 2.95. The molecular weight excluding hydrogens is 265 g/mol. The first-order valence-electron chi connectivity index (χ1n) is 6.26. The van der Waals surface area contributed by atoms with Crippen LogP contribution in [0.15, 0.2) is 24.3 Å². The van der Waals surface area contributed by atoms with Crippen LogP contribution in [0.2, 0.25) is 0 Å². The van der Waals surface area contributed by atoms with Crippen LogP contribution < -0.4 is 0 Å². The Morgan fingerprint density at radius 3 is 2.26 bits per heavy atom. The minimum atomic E-state index is -2.03. The van der Waals surface area contributed by atoms with Crippen LogP contribution in [-0.4, -0.2) is 36.0 Å². The van der Waals surface area contributed by atoms with Crippen molar-refractivity contribution in [2.75, 3.05) is 19.3 Å². The van der Waals surface area contributed by atoms with Crippen LogP contribution in [0.4, 0.5) is 0 Å². The van der Waals surface area contributed by atoms with Gasteiger partial charge in [-0.2, -0.15) is 0 Å². The van der Waals surface area contributed by atoms with Crippen LogP contribution >= 0.6 is 8.03 Å². The van der Waals surface area contributed by atoms with Gasteiger partial charge in [0.05, 0.1) is 17.7 Å². The van der Waals surface area contributed by atoms with Crippen molar-refractivity contribution >= 4 is 19.8 Å². The third kappa shape index (κ3) is 2.94. The Morgan fingerprint density at radius 2 is 1.74 bits per heavy atom. The van der Waals surface area contributed by atoms with Crippen molar-refractivity contribution in [3.63, 3.8) is 0 Å². The molecule has 1 aromatic carbocycles. The van der Waals surface area contributed by atoms with Crippen LogP contribution in [0.1, 0.15) is 34.1 Å². The van der Waals surface area contributed by atoms with E-state index < -0.39 is 8.03 Å². The molecule has 5 nitrogen and oxygen atoms in total. The maximum atomic E-state index is 12.0. The van der Waals surface area contributed by atoms with Gasteiger partial charge in [-0.05, 0) is 25.5 Å². The molecule has 1 aliphatic heterocycles. The monoisotopic (exact) mass is 281 g/mol. The largest absolute Gasteiger partial charge is 0.331 e. The second kappa shape index (κ2) is 6.13. The summed E-state index contributed by atoms with van der Waals surface area (Å²) in [5.74, 6) is -0.534. The summed E-state index contributed by atoms with van der Waals surface area (Å²) in [4.78, 5) is 25.2. The smallest absolute Gasteiger partial charge is 0.261 e. The minimum Gasteiger partial charge on any atom is -0.331 e. The molecule has 0 radical (unpaired) electrons. The molecule has 1 aromatic rings. The van der Waals surface area contributed by atoms with Gasteiger partial charge >= 0.3 is 0 Å². The van der Waals surface area contributed by atoms with Crippen molar-refractivity contribution in [2.45, 2.75) is 13.3 Å². The minimum absolute atomic E-state index is 0.267. The lowest BCUT2D eigenvalue weighted by atomic mass is 10.1. The fraction of sp³-hybridized carbons (Fsp3) is 0.385. The summed E-state index contributed by atoms with van der Waals surface area (Å²) >= 11 is 0. The van der Waals surface area contributed by atoms with Gasteiger partial charge in [-0.1, -0.05) is 12.1 Å². The Hall–Kier alpha value is -1.45. The van der Waals surface area contributed by atoms with Gasteiger partial charge in [0.25, 0.3) is 11.8 Å². The summed E-state index contributed by atoms with van der Waals surface area (Å²) in [5, 5.41) is 0. The van der Waals surface area contributed by atoms with Crippen LogP contribution in [0.25, 0.3) is 0 Å². The lowest BCUT2D eigenvalue weighted by Crippen LogP contribution is -2.31. The normalized spacial score (nSPS) is 15.7. The molecule has 0 saturated heterocycles. The van der Waals surface area contributed by atoms with Crippen molar-refractivity contribution < 1.29 is 18.7 Å². The molecule has 2 amide bonds. The number of benzene rings is 1. The third-order valence-corrected chi connectivity index (χ3v) is 4.32. The SMILES string of the molecule is CCO[PH](=O)CCCN1C(=O)c2ccccc2C1=O. The van der Waals surface area contributed by atoms with Gasteiger partial charge in [0.1, 0.15) is 0 Å². The van der Waals surface area contributed by atoms with E-state index in [1.165, 1.54) is 4.90 Å². The number of rotatable bonds is 6.